The molecule has 1 fully saturated rings. The van der Waals surface area contributed by atoms with Crippen molar-refractivity contribution in [3.8, 4) is 0 Å². The summed E-state index contributed by atoms with van der Waals surface area (Å²) in [5.41, 5.74) is 2.11. The number of fused-ring (bicyclic) bond motifs is 1. The molecular formula is C35H31ClN6O5S2. The molecule has 0 bridgehead atoms. The molecule has 3 heterocycles. The number of nitrogens with zero attached hydrogens (tertiary/aromatic N) is 4. The Hall–Kier alpha value is -4.98. The largest absolute Gasteiger partial charge is 0.477 e. The third-order valence-electron chi connectivity index (χ3n) is 7.95. The van der Waals surface area contributed by atoms with Crippen LogP contribution in [0.2, 0.25) is 0 Å². The Morgan fingerprint density at radius 2 is 1.63 bits per heavy atom. The standard InChI is InChI=1S/C35H31ClN6O5S2/c1-2-47-40-26(30(43)37-27-31(44)42-28(33(45)46)22(13-12-20-36)21-48-32(27)42)29-38-34(49-41-29)39-35(23-14-6-3-7-15-23,24-16-8-4-9-17-24)25-18-10-5-11-19-25/h3-19,27,32H,2,20-21H2,1H3,(H,37,43)(H,45,46)(H,38,39,41)/t27-,32+/m1/s1. The summed E-state index contributed by atoms with van der Waals surface area (Å²) in [6, 6.07) is 28.9. The molecule has 2 aliphatic heterocycles. The van der Waals surface area contributed by atoms with E-state index >= 15 is 0 Å². The topological polar surface area (TPSA) is 146 Å². The van der Waals surface area contributed by atoms with Crippen LogP contribution in [0.1, 0.15) is 29.4 Å². The lowest BCUT2D eigenvalue weighted by molar-refractivity contribution is -0.150. The summed E-state index contributed by atoms with van der Waals surface area (Å²) in [5.74, 6) is -1.99. The number of carboxylic acid groups (broad SMARTS) is 1. The predicted octanol–water partition coefficient (Wildman–Crippen LogP) is 5.22. The maximum Gasteiger partial charge on any atom is 0.352 e. The summed E-state index contributed by atoms with van der Waals surface area (Å²) in [6.45, 7) is 1.89. The number of halogens is 1. The number of oxime groups is 1. The van der Waals surface area contributed by atoms with Crippen LogP contribution in [0.25, 0.3) is 0 Å². The van der Waals surface area contributed by atoms with Crippen molar-refractivity contribution in [3.05, 3.63) is 137 Å². The molecule has 11 nitrogen and oxygen atoms in total. The van der Waals surface area contributed by atoms with E-state index in [-0.39, 0.29) is 29.7 Å². The van der Waals surface area contributed by atoms with Crippen molar-refractivity contribution in [3.63, 3.8) is 0 Å². The van der Waals surface area contributed by atoms with Crippen LogP contribution < -0.4 is 10.6 Å². The molecule has 0 spiro atoms. The highest BCUT2D eigenvalue weighted by Gasteiger charge is 2.54. The fourth-order valence-corrected chi connectivity index (χ4v) is 7.83. The second kappa shape index (κ2) is 15.1. The molecular weight excluding hydrogens is 684 g/mol. The number of hydrogen-bond donors (Lipinski definition) is 3. The Morgan fingerprint density at radius 3 is 2.16 bits per heavy atom. The van der Waals surface area contributed by atoms with Crippen molar-refractivity contribution >= 4 is 63.5 Å². The molecule has 2 amide bonds. The van der Waals surface area contributed by atoms with E-state index < -0.39 is 34.7 Å². The van der Waals surface area contributed by atoms with Gasteiger partial charge >= 0.3 is 5.97 Å². The summed E-state index contributed by atoms with van der Waals surface area (Å²) in [5, 5.41) is 20.0. The Kier molecular flexibility index (Phi) is 10.4. The summed E-state index contributed by atoms with van der Waals surface area (Å²) in [6.07, 6.45) is 3.22. The van der Waals surface area contributed by atoms with Crippen molar-refractivity contribution < 1.29 is 24.3 Å². The van der Waals surface area contributed by atoms with E-state index in [1.54, 1.807) is 19.1 Å². The number of rotatable bonds is 13. The van der Waals surface area contributed by atoms with Crippen molar-refractivity contribution in [1.82, 2.24) is 19.6 Å². The number of carbonyl (C=O) groups excluding carboxylic acids is 2. The Morgan fingerprint density at radius 1 is 1.04 bits per heavy atom. The minimum Gasteiger partial charge on any atom is -0.477 e. The molecule has 0 radical (unpaired) electrons. The molecule has 250 valence electrons. The predicted molar refractivity (Wildman–Crippen MR) is 190 cm³/mol. The lowest BCUT2D eigenvalue weighted by Crippen LogP contribution is -2.71. The van der Waals surface area contributed by atoms with E-state index in [4.69, 9.17) is 21.4 Å². The lowest BCUT2D eigenvalue weighted by atomic mass is 9.77. The van der Waals surface area contributed by atoms with Gasteiger partial charge in [-0.15, -0.1) is 23.4 Å². The molecule has 3 N–H and O–H groups in total. The van der Waals surface area contributed by atoms with Crippen LogP contribution in [0, 0.1) is 0 Å². The average molecular weight is 715 g/mol. The van der Waals surface area contributed by atoms with Crippen LogP contribution in [-0.2, 0) is 24.8 Å². The Bertz CT molecular complexity index is 1820. The van der Waals surface area contributed by atoms with Gasteiger partial charge in [-0.3, -0.25) is 14.5 Å². The lowest BCUT2D eigenvalue weighted by Gasteiger charge is -2.49. The number of thioether (sulfide) groups is 1. The molecule has 1 aromatic heterocycles. The third-order valence-corrected chi connectivity index (χ3v) is 10.1. The van der Waals surface area contributed by atoms with Crippen LogP contribution in [0.15, 0.2) is 120 Å². The van der Waals surface area contributed by atoms with E-state index in [2.05, 4.69) is 20.2 Å². The Labute approximate surface area is 295 Å². The number of carboxylic acids is 1. The highest BCUT2D eigenvalue weighted by Crippen LogP contribution is 2.42. The molecule has 14 heteroatoms. The fourth-order valence-electron chi connectivity index (χ4n) is 5.79. The van der Waals surface area contributed by atoms with Gasteiger partial charge in [-0.05, 0) is 29.2 Å². The molecule has 6 rings (SSSR count). The minimum absolute atomic E-state index is 0.001000. The normalized spacial score (nSPS) is 17.8. The molecule has 2 aliphatic rings. The molecule has 0 unspecified atom stereocenters. The summed E-state index contributed by atoms with van der Waals surface area (Å²) in [4.78, 5) is 50.2. The number of alkyl halides is 1. The van der Waals surface area contributed by atoms with E-state index in [1.165, 1.54) is 16.7 Å². The highest BCUT2D eigenvalue weighted by atomic mass is 35.5. The first-order valence-corrected chi connectivity index (χ1v) is 17.7. The number of allylic oxidation sites excluding steroid dienone is 2. The smallest absolute Gasteiger partial charge is 0.352 e. The van der Waals surface area contributed by atoms with Crippen molar-refractivity contribution in [2.75, 3.05) is 23.6 Å². The van der Waals surface area contributed by atoms with Gasteiger partial charge in [0.25, 0.3) is 11.8 Å². The molecule has 2 atom stereocenters. The summed E-state index contributed by atoms with van der Waals surface area (Å²) < 4.78 is 4.47. The maximum absolute atomic E-state index is 13.7. The average Bonchev–Trinajstić information content (AvgIpc) is 3.60. The molecule has 1 saturated heterocycles. The van der Waals surface area contributed by atoms with Crippen LogP contribution in [0.4, 0.5) is 5.13 Å². The molecule has 0 saturated carbocycles. The zero-order chi connectivity index (χ0) is 34.4. The van der Waals surface area contributed by atoms with Gasteiger partial charge in [0.1, 0.15) is 29.3 Å². The fraction of sp³-hybridized carbons (Fsp3) is 0.200. The van der Waals surface area contributed by atoms with E-state index in [0.717, 1.165) is 28.2 Å². The van der Waals surface area contributed by atoms with E-state index in [9.17, 15) is 19.5 Å². The highest BCUT2D eigenvalue weighted by molar-refractivity contribution is 8.00. The first-order valence-electron chi connectivity index (χ1n) is 15.3. The quantitative estimate of drug-likeness (QED) is 0.0558. The zero-order valence-electron chi connectivity index (χ0n) is 26.2. The van der Waals surface area contributed by atoms with Gasteiger partial charge in [0.05, 0.1) is 0 Å². The van der Waals surface area contributed by atoms with Gasteiger partial charge in [-0.25, -0.2) is 4.79 Å². The van der Waals surface area contributed by atoms with Crippen molar-refractivity contribution in [2.45, 2.75) is 23.9 Å². The molecule has 4 aromatic rings. The SMILES string of the molecule is CCON=C(C(=O)N[C@@H]1C(=O)N2C(C(=O)O)=C(C=CCCl)CS[C@@H]12)c1nsc(NC(c2ccccc2)(c2ccccc2)c2ccccc2)n1. The summed E-state index contributed by atoms with van der Waals surface area (Å²) >= 11 is 8.14. The summed E-state index contributed by atoms with van der Waals surface area (Å²) in [7, 11) is 0. The van der Waals surface area contributed by atoms with Crippen LogP contribution >= 0.6 is 34.9 Å². The number of aliphatic carboxylic acids is 1. The van der Waals surface area contributed by atoms with Gasteiger partial charge in [0.2, 0.25) is 16.7 Å². The molecule has 49 heavy (non-hydrogen) atoms. The number of β-lactam (4-membered cyclic amide) rings is 1. The van der Waals surface area contributed by atoms with E-state index in [0.29, 0.717) is 16.5 Å². The second-order valence-corrected chi connectivity index (χ2v) is 13.0. The van der Waals surface area contributed by atoms with Crippen LogP contribution in [0.5, 0.6) is 0 Å². The van der Waals surface area contributed by atoms with Gasteiger partial charge < -0.3 is 20.6 Å². The monoisotopic (exact) mass is 714 g/mol. The van der Waals surface area contributed by atoms with Gasteiger partial charge in [0, 0.05) is 23.2 Å². The number of aromatic nitrogens is 2. The number of anilines is 1. The van der Waals surface area contributed by atoms with Gasteiger partial charge in [-0.2, -0.15) is 9.36 Å². The number of benzene rings is 3. The number of nitrogens with one attached hydrogen (secondary N) is 2. The van der Waals surface area contributed by atoms with Crippen molar-refractivity contribution in [1.29, 1.82) is 0 Å². The van der Waals surface area contributed by atoms with Crippen molar-refractivity contribution in [2.24, 2.45) is 5.16 Å². The molecule has 3 aromatic carbocycles. The first kappa shape index (κ1) is 33.9. The maximum atomic E-state index is 13.7. The Balaban J connectivity index is 1.30. The van der Waals surface area contributed by atoms with Gasteiger partial charge in [0.15, 0.2) is 0 Å². The van der Waals surface area contributed by atoms with Crippen LogP contribution in [0.3, 0.4) is 0 Å². The zero-order valence-corrected chi connectivity index (χ0v) is 28.5. The molecule has 0 aliphatic carbocycles. The second-order valence-electron chi connectivity index (χ2n) is 10.9. The van der Waals surface area contributed by atoms with Crippen LogP contribution in [-0.4, -0.2) is 72.5 Å². The number of hydrogen-bond acceptors (Lipinski definition) is 10. The number of amides is 2. The third kappa shape index (κ3) is 6.69. The number of carbonyl (C=O) groups is 3. The first-order chi connectivity index (χ1) is 23.9. The van der Waals surface area contributed by atoms with E-state index in [1.807, 2.05) is 91.0 Å². The minimum atomic E-state index is -1.24. The van der Waals surface area contributed by atoms with Gasteiger partial charge in [-0.1, -0.05) is 108 Å².